The van der Waals surface area contributed by atoms with Crippen molar-refractivity contribution in [2.45, 2.75) is 6.92 Å². The molecule has 0 aliphatic rings. The smallest absolute Gasteiger partial charge is 0.141 e. The van der Waals surface area contributed by atoms with Gasteiger partial charge in [-0.1, -0.05) is 18.2 Å². The van der Waals surface area contributed by atoms with Gasteiger partial charge in [0.1, 0.15) is 12.0 Å². The molecule has 0 fully saturated rings. The molecule has 4 nitrogen and oxygen atoms in total. The van der Waals surface area contributed by atoms with Gasteiger partial charge < -0.3 is 10.7 Å². The SMILES string of the molecule is Cc1ccc(N)cc1-c1ccc2c(c1)[nH]c1ncncc12. The normalized spacial score (nSPS) is 11.3. The third-order valence-electron chi connectivity index (χ3n) is 3.85. The van der Waals surface area contributed by atoms with Gasteiger partial charge in [-0.05, 0) is 41.8 Å². The van der Waals surface area contributed by atoms with Crippen molar-refractivity contribution in [3.63, 3.8) is 0 Å². The number of nitrogens with one attached hydrogen (secondary N) is 1. The second-order valence-corrected chi connectivity index (χ2v) is 5.24. The van der Waals surface area contributed by atoms with Crippen LogP contribution in [-0.2, 0) is 0 Å². The number of aryl methyl sites for hydroxylation is 1. The topological polar surface area (TPSA) is 67.6 Å². The summed E-state index contributed by atoms with van der Waals surface area (Å²) in [7, 11) is 0. The van der Waals surface area contributed by atoms with E-state index in [1.807, 2.05) is 24.4 Å². The fourth-order valence-corrected chi connectivity index (χ4v) is 2.75. The maximum Gasteiger partial charge on any atom is 0.141 e. The number of aromatic amines is 1. The van der Waals surface area contributed by atoms with Crippen LogP contribution in [0, 0.1) is 6.92 Å². The van der Waals surface area contributed by atoms with Crippen LogP contribution in [-0.4, -0.2) is 15.0 Å². The second kappa shape index (κ2) is 4.31. The molecule has 2 aromatic carbocycles. The summed E-state index contributed by atoms with van der Waals surface area (Å²) in [5.41, 5.74) is 12.1. The Morgan fingerprint density at radius 2 is 1.95 bits per heavy atom. The van der Waals surface area contributed by atoms with Crippen molar-refractivity contribution in [1.29, 1.82) is 0 Å². The van der Waals surface area contributed by atoms with Crippen LogP contribution in [0.4, 0.5) is 5.69 Å². The Morgan fingerprint density at radius 3 is 2.86 bits per heavy atom. The van der Waals surface area contributed by atoms with Crippen molar-refractivity contribution in [3.05, 3.63) is 54.5 Å². The molecule has 4 rings (SSSR count). The Labute approximate surface area is 121 Å². The Hall–Kier alpha value is -2.88. The van der Waals surface area contributed by atoms with Gasteiger partial charge in [-0.3, -0.25) is 0 Å². The van der Waals surface area contributed by atoms with E-state index >= 15 is 0 Å². The van der Waals surface area contributed by atoms with E-state index in [1.54, 1.807) is 6.33 Å². The molecule has 0 atom stereocenters. The van der Waals surface area contributed by atoms with Gasteiger partial charge in [0.2, 0.25) is 0 Å². The van der Waals surface area contributed by atoms with E-state index < -0.39 is 0 Å². The van der Waals surface area contributed by atoms with Crippen LogP contribution in [0.2, 0.25) is 0 Å². The van der Waals surface area contributed by atoms with Crippen LogP contribution >= 0.6 is 0 Å². The summed E-state index contributed by atoms with van der Waals surface area (Å²) in [6.45, 7) is 2.09. The first-order valence-corrected chi connectivity index (χ1v) is 6.80. The summed E-state index contributed by atoms with van der Waals surface area (Å²) < 4.78 is 0. The summed E-state index contributed by atoms with van der Waals surface area (Å²) in [5, 5.41) is 2.18. The number of H-pyrrole nitrogens is 1. The number of nitrogen functional groups attached to an aromatic ring is 1. The lowest BCUT2D eigenvalue weighted by atomic mass is 9.99. The van der Waals surface area contributed by atoms with Crippen molar-refractivity contribution < 1.29 is 0 Å². The standard InChI is InChI=1S/C17H14N4/c1-10-2-4-12(18)7-14(10)11-3-5-13-15-8-19-9-20-17(15)21-16(13)6-11/h2-9H,18H2,1H3,(H,19,20,21). The van der Waals surface area contributed by atoms with Gasteiger partial charge in [0.15, 0.2) is 0 Å². The van der Waals surface area contributed by atoms with Crippen LogP contribution in [0.3, 0.4) is 0 Å². The molecule has 2 heterocycles. The zero-order valence-corrected chi connectivity index (χ0v) is 11.6. The van der Waals surface area contributed by atoms with Crippen molar-refractivity contribution in [3.8, 4) is 11.1 Å². The summed E-state index contributed by atoms with van der Waals surface area (Å²) in [5.74, 6) is 0. The van der Waals surface area contributed by atoms with Crippen LogP contribution in [0.1, 0.15) is 5.56 Å². The number of hydrogen-bond donors (Lipinski definition) is 2. The first-order valence-electron chi connectivity index (χ1n) is 6.80. The molecule has 0 spiro atoms. The van der Waals surface area contributed by atoms with E-state index in [-0.39, 0.29) is 0 Å². The highest BCUT2D eigenvalue weighted by Crippen LogP contribution is 2.30. The van der Waals surface area contributed by atoms with Crippen LogP contribution in [0.5, 0.6) is 0 Å². The highest BCUT2D eigenvalue weighted by molar-refractivity contribution is 6.06. The predicted octanol–water partition coefficient (Wildman–Crippen LogP) is 3.67. The van der Waals surface area contributed by atoms with Crippen LogP contribution < -0.4 is 5.73 Å². The molecule has 2 aromatic heterocycles. The Balaban J connectivity index is 1.98. The molecule has 0 saturated heterocycles. The average Bonchev–Trinajstić information content (AvgIpc) is 2.87. The first-order chi connectivity index (χ1) is 10.2. The predicted molar refractivity (Wildman–Crippen MR) is 86.0 cm³/mol. The van der Waals surface area contributed by atoms with E-state index in [1.165, 1.54) is 5.56 Å². The summed E-state index contributed by atoms with van der Waals surface area (Å²) in [6, 6.07) is 12.3. The van der Waals surface area contributed by atoms with E-state index in [0.29, 0.717) is 0 Å². The molecule has 0 aliphatic carbocycles. The summed E-state index contributed by atoms with van der Waals surface area (Å²) >= 11 is 0. The molecule has 21 heavy (non-hydrogen) atoms. The number of benzene rings is 2. The first kappa shape index (κ1) is 11.9. The monoisotopic (exact) mass is 274 g/mol. The number of aromatic nitrogens is 3. The Bertz CT molecular complexity index is 969. The Kier molecular flexibility index (Phi) is 2.44. The summed E-state index contributed by atoms with van der Waals surface area (Å²) in [6.07, 6.45) is 3.40. The molecule has 0 unspecified atom stereocenters. The molecule has 3 N–H and O–H groups in total. The molecule has 0 saturated carbocycles. The lowest BCUT2D eigenvalue weighted by molar-refractivity contribution is 1.21. The molecule has 0 aliphatic heterocycles. The number of rotatable bonds is 1. The third-order valence-corrected chi connectivity index (χ3v) is 3.85. The minimum absolute atomic E-state index is 0.776. The highest BCUT2D eigenvalue weighted by Gasteiger charge is 2.08. The molecule has 0 radical (unpaired) electrons. The van der Waals surface area contributed by atoms with E-state index in [9.17, 15) is 0 Å². The van der Waals surface area contributed by atoms with Gasteiger partial charge in [0, 0.05) is 28.2 Å². The van der Waals surface area contributed by atoms with Gasteiger partial charge in [-0.15, -0.1) is 0 Å². The highest BCUT2D eigenvalue weighted by atomic mass is 14.9. The molecule has 4 heteroatoms. The number of anilines is 1. The zero-order chi connectivity index (χ0) is 14.4. The zero-order valence-electron chi connectivity index (χ0n) is 11.6. The molecule has 0 amide bonds. The summed E-state index contributed by atoms with van der Waals surface area (Å²) in [4.78, 5) is 11.7. The van der Waals surface area contributed by atoms with Crippen molar-refractivity contribution in [1.82, 2.24) is 15.0 Å². The number of fused-ring (bicyclic) bond motifs is 3. The second-order valence-electron chi connectivity index (χ2n) is 5.24. The van der Waals surface area contributed by atoms with E-state index in [4.69, 9.17) is 5.73 Å². The minimum Gasteiger partial charge on any atom is -0.399 e. The number of nitrogens with zero attached hydrogens (tertiary/aromatic N) is 2. The third kappa shape index (κ3) is 1.84. The van der Waals surface area contributed by atoms with Crippen LogP contribution in [0.15, 0.2) is 48.9 Å². The maximum atomic E-state index is 5.91. The van der Waals surface area contributed by atoms with E-state index in [2.05, 4.69) is 40.1 Å². The minimum atomic E-state index is 0.776. The van der Waals surface area contributed by atoms with Gasteiger partial charge in [-0.25, -0.2) is 9.97 Å². The Morgan fingerprint density at radius 1 is 1.05 bits per heavy atom. The number of hydrogen-bond acceptors (Lipinski definition) is 3. The van der Waals surface area contributed by atoms with Crippen molar-refractivity contribution in [2.75, 3.05) is 5.73 Å². The molecular weight excluding hydrogens is 260 g/mol. The largest absolute Gasteiger partial charge is 0.399 e. The fraction of sp³-hybridized carbons (Fsp3) is 0.0588. The van der Waals surface area contributed by atoms with Gasteiger partial charge >= 0.3 is 0 Å². The van der Waals surface area contributed by atoms with Crippen molar-refractivity contribution >= 4 is 27.6 Å². The maximum absolute atomic E-state index is 5.91. The van der Waals surface area contributed by atoms with Crippen LogP contribution in [0.25, 0.3) is 33.1 Å². The van der Waals surface area contributed by atoms with Crippen molar-refractivity contribution in [2.24, 2.45) is 0 Å². The van der Waals surface area contributed by atoms with Gasteiger partial charge in [0.05, 0.1) is 0 Å². The lowest BCUT2D eigenvalue weighted by Gasteiger charge is -2.07. The fourth-order valence-electron chi connectivity index (χ4n) is 2.75. The molecule has 4 aromatic rings. The molecule has 0 bridgehead atoms. The molecular formula is C17H14N4. The lowest BCUT2D eigenvalue weighted by Crippen LogP contribution is -1.88. The van der Waals surface area contributed by atoms with E-state index in [0.717, 1.165) is 38.8 Å². The number of nitrogens with two attached hydrogens (primary N) is 1. The average molecular weight is 274 g/mol. The van der Waals surface area contributed by atoms with Gasteiger partial charge in [0.25, 0.3) is 0 Å². The molecule has 102 valence electrons. The van der Waals surface area contributed by atoms with Gasteiger partial charge in [-0.2, -0.15) is 0 Å². The quantitative estimate of drug-likeness (QED) is 0.520.